The molecule has 1 aliphatic carbocycles. The number of halogens is 2. The van der Waals surface area contributed by atoms with E-state index in [4.69, 9.17) is 10.00 Å². The normalized spacial score (nSPS) is 25.6. The lowest BCUT2D eigenvalue weighted by Gasteiger charge is -2.33. The summed E-state index contributed by atoms with van der Waals surface area (Å²) in [4.78, 5) is 12.8. The number of hydrogen-bond acceptors (Lipinski definition) is 6. The zero-order valence-corrected chi connectivity index (χ0v) is 16.3. The van der Waals surface area contributed by atoms with Crippen LogP contribution < -0.4 is 20.9 Å². The molecule has 2 aliphatic rings. The minimum absolute atomic E-state index is 0.0616. The fourth-order valence-corrected chi connectivity index (χ4v) is 4.35. The van der Waals surface area contributed by atoms with Gasteiger partial charge in [0.15, 0.2) is 0 Å². The smallest absolute Gasteiger partial charge is 0.333 e. The summed E-state index contributed by atoms with van der Waals surface area (Å²) in [7, 11) is 1.46. The van der Waals surface area contributed by atoms with Gasteiger partial charge in [0.25, 0.3) is 5.91 Å². The Balaban J connectivity index is 1.45. The molecule has 8 nitrogen and oxygen atoms in total. The lowest BCUT2D eigenvalue weighted by Crippen LogP contribution is -2.44. The summed E-state index contributed by atoms with van der Waals surface area (Å²) in [6.45, 7) is -2.68. The Kier molecular flexibility index (Phi) is 5.65. The number of nitrogens with zero attached hydrogens (tertiary/aromatic N) is 3. The monoisotopic (exact) mass is 416 g/mol. The molecule has 2 fully saturated rings. The third kappa shape index (κ3) is 3.86. The van der Waals surface area contributed by atoms with Gasteiger partial charge in [0.2, 0.25) is 0 Å². The average molecular weight is 416 g/mol. The lowest BCUT2D eigenvalue weighted by molar-refractivity contribution is 0.0564. The minimum atomic E-state index is -2.68. The highest BCUT2D eigenvalue weighted by molar-refractivity contribution is 5.97. The van der Waals surface area contributed by atoms with Crippen LogP contribution in [0.3, 0.4) is 0 Å². The molecule has 0 radical (unpaired) electrons. The summed E-state index contributed by atoms with van der Waals surface area (Å²) < 4.78 is 31.6. The molecule has 1 aliphatic heterocycles. The Hall–Kier alpha value is -3.03. The molecule has 0 bridgehead atoms. The zero-order chi connectivity index (χ0) is 21.3. The second-order valence-corrected chi connectivity index (χ2v) is 7.58. The van der Waals surface area contributed by atoms with Gasteiger partial charge in [-0.2, -0.15) is 19.1 Å². The first-order chi connectivity index (χ1) is 14.5. The summed E-state index contributed by atoms with van der Waals surface area (Å²) in [5, 5.41) is 15.8. The van der Waals surface area contributed by atoms with Gasteiger partial charge >= 0.3 is 6.55 Å². The highest BCUT2D eigenvalue weighted by Crippen LogP contribution is 2.38. The molecular formula is C20H22F2N6O2. The van der Waals surface area contributed by atoms with Crippen LogP contribution in [0.2, 0.25) is 0 Å². The van der Waals surface area contributed by atoms with E-state index in [2.05, 4.69) is 21.3 Å². The molecule has 2 aromatic rings. The first-order valence-corrected chi connectivity index (χ1v) is 9.72. The maximum absolute atomic E-state index is 12.9. The zero-order valence-electron chi connectivity index (χ0n) is 16.3. The van der Waals surface area contributed by atoms with Crippen molar-refractivity contribution in [2.75, 3.05) is 7.11 Å². The maximum atomic E-state index is 12.9. The Morgan fingerprint density at radius 1 is 1.40 bits per heavy atom. The van der Waals surface area contributed by atoms with Crippen LogP contribution >= 0.6 is 0 Å². The number of nitriles is 1. The van der Waals surface area contributed by atoms with Gasteiger partial charge in [0.05, 0.1) is 36.5 Å². The average Bonchev–Trinajstić information content (AvgIpc) is 3.40. The van der Waals surface area contributed by atoms with E-state index < -0.39 is 6.55 Å². The van der Waals surface area contributed by atoms with Crippen LogP contribution in [0.25, 0.3) is 0 Å². The van der Waals surface area contributed by atoms with Gasteiger partial charge in [0, 0.05) is 23.8 Å². The van der Waals surface area contributed by atoms with Crippen molar-refractivity contribution in [3.05, 3.63) is 47.3 Å². The number of fused-ring (bicyclic) bond motifs is 1. The number of hydrazine groups is 1. The van der Waals surface area contributed by atoms with E-state index in [1.54, 1.807) is 12.1 Å². The number of hydrogen-bond donors (Lipinski definition) is 3. The number of aromatic nitrogens is 2. The molecular weight excluding hydrogens is 394 g/mol. The largest absolute Gasteiger partial charge is 0.496 e. The van der Waals surface area contributed by atoms with Crippen molar-refractivity contribution in [2.24, 2.45) is 5.92 Å². The second-order valence-electron chi connectivity index (χ2n) is 7.58. The van der Waals surface area contributed by atoms with E-state index in [-0.39, 0.29) is 30.0 Å². The fourth-order valence-electron chi connectivity index (χ4n) is 4.35. The standard InChI is InChI=1S/C20H22F2N6O2/c1-30-17-6-11(8-23)2-4-14(17)19(29)25-13-3-5-16-15(7-13)18(27-26-16)12-9-24-28(10-12)20(21)22/h2,4,6,9-10,13,15-16,18,20,26-27H,3,5,7H2,1H3,(H,25,29). The third-order valence-corrected chi connectivity index (χ3v) is 5.84. The Labute approximate surface area is 172 Å². The van der Waals surface area contributed by atoms with E-state index in [1.807, 2.05) is 6.07 Å². The highest BCUT2D eigenvalue weighted by atomic mass is 19.3. The van der Waals surface area contributed by atoms with Crippen molar-refractivity contribution in [3.8, 4) is 11.8 Å². The number of carbonyl (C=O) groups is 1. The molecule has 1 amide bonds. The van der Waals surface area contributed by atoms with E-state index >= 15 is 0 Å². The molecule has 10 heteroatoms. The fraction of sp³-hybridized carbons (Fsp3) is 0.450. The van der Waals surface area contributed by atoms with Gasteiger partial charge in [-0.3, -0.25) is 10.2 Å². The van der Waals surface area contributed by atoms with Crippen molar-refractivity contribution in [1.82, 2.24) is 25.9 Å². The van der Waals surface area contributed by atoms with E-state index in [1.165, 1.54) is 25.6 Å². The SMILES string of the molecule is COc1cc(C#N)ccc1C(=O)NC1CCC2NNC(c3cnn(C(F)F)c3)C2C1. The molecule has 1 saturated carbocycles. The molecule has 1 saturated heterocycles. The molecule has 30 heavy (non-hydrogen) atoms. The van der Waals surface area contributed by atoms with Gasteiger partial charge in [-0.15, -0.1) is 0 Å². The molecule has 2 heterocycles. The Morgan fingerprint density at radius 3 is 2.93 bits per heavy atom. The quantitative estimate of drug-likeness (QED) is 0.691. The van der Waals surface area contributed by atoms with Crippen molar-refractivity contribution in [3.63, 3.8) is 0 Å². The van der Waals surface area contributed by atoms with Gasteiger partial charge < -0.3 is 10.1 Å². The molecule has 1 aromatic heterocycles. The Morgan fingerprint density at radius 2 is 2.23 bits per heavy atom. The van der Waals surface area contributed by atoms with Crippen LogP contribution in [0.4, 0.5) is 8.78 Å². The minimum Gasteiger partial charge on any atom is -0.496 e. The summed E-state index contributed by atoms with van der Waals surface area (Å²) >= 11 is 0. The van der Waals surface area contributed by atoms with Crippen molar-refractivity contribution in [2.45, 2.75) is 43.9 Å². The molecule has 4 unspecified atom stereocenters. The molecule has 1 aromatic carbocycles. The first-order valence-electron chi connectivity index (χ1n) is 9.72. The van der Waals surface area contributed by atoms with E-state index in [0.29, 0.717) is 33.5 Å². The van der Waals surface area contributed by atoms with Crippen LogP contribution in [0.1, 0.15) is 53.3 Å². The lowest BCUT2D eigenvalue weighted by atomic mass is 9.77. The van der Waals surface area contributed by atoms with Gasteiger partial charge in [-0.05, 0) is 43.4 Å². The summed E-state index contributed by atoms with van der Waals surface area (Å²) in [6.07, 6.45) is 5.14. The van der Waals surface area contributed by atoms with Gasteiger partial charge in [-0.1, -0.05) is 0 Å². The Bertz CT molecular complexity index is 972. The molecule has 158 valence electrons. The molecule has 0 spiro atoms. The van der Waals surface area contributed by atoms with Crippen LogP contribution in [-0.4, -0.2) is 34.9 Å². The molecule has 4 atom stereocenters. The third-order valence-electron chi connectivity index (χ3n) is 5.84. The van der Waals surface area contributed by atoms with E-state index in [9.17, 15) is 13.6 Å². The van der Waals surface area contributed by atoms with Crippen molar-refractivity contribution < 1.29 is 18.3 Å². The number of carbonyl (C=O) groups excluding carboxylic acids is 1. The van der Waals surface area contributed by atoms with Crippen molar-refractivity contribution >= 4 is 5.91 Å². The second kappa shape index (κ2) is 8.38. The summed E-state index contributed by atoms with van der Waals surface area (Å²) in [5.74, 6) is 0.213. The summed E-state index contributed by atoms with van der Waals surface area (Å²) in [5.41, 5.74) is 7.91. The predicted molar refractivity (Wildman–Crippen MR) is 103 cm³/mol. The number of benzene rings is 1. The molecule has 4 rings (SSSR count). The topological polar surface area (TPSA) is 104 Å². The predicted octanol–water partition coefficient (Wildman–Crippen LogP) is 2.27. The number of alkyl halides is 2. The number of rotatable bonds is 5. The number of methoxy groups -OCH3 is 1. The van der Waals surface area contributed by atoms with Crippen LogP contribution in [0, 0.1) is 17.2 Å². The van der Waals surface area contributed by atoms with Gasteiger partial charge in [-0.25, -0.2) is 10.1 Å². The van der Waals surface area contributed by atoms with Crippen LogP contribution in [-0.2, 0) is 0 Å². The highest BCUT2D eigenvalue weighted by Gasteiger charge is 2.42. The van der Waals surface area contributed by atoms with Crippen LogP contribution in [0.15, 0.2) is 30.6 Å². The van der Waals surface area contributed by atoms with E-state index in [0.717, 1.165) is 12.8 Å². The first kappa shape index (κ1) is 20.3. The number of ether oxygens (including phenoxy) is 1. The summed E-state index contributed by atoms with van der Waals surface area (Å²) in [6, 6.07) is 6.69. The van der Waals surface area contributed by atoms with Crippen LogP contribution in [0.5, 0.6) is 5.75 Å². The maximum Gasteiger partial charge on any atom is 0.333 e. The number of nitrogens with one attached hydrogen (secondary N) is 3. The van der Waals surface area contributed by atoms with Crippen molar-refractivity contribution in [1.29, 1.82) is 5.26 Å². The molecule has 3 N–H and O–H groups in total. The number of amides is 1. The van der Waals surface area contributed by atoms with Gasteiger partial charge in [0.1, 0.15) is 5.75 Å².